The third-order valence-corrected chi connectivity index (χ3v) is 5.71. The second-order valence-corrected chi connectivity index (χ2v) is 7.91. The van der Waals surface area contributed by atoms with E-state index in [0.717, 1.165) is 18.2 Å². The van der Waals surface area contributed by atoms with Crippen LogP contribution in [-0.2, 0) is 10.1 Å². The fourth-order valence-corrected chi connectivity index (χ4v) is 4.29. The number of halogens is 2. The number of aliphatic hydroxyl groups excluding tert-OH is 1. The van der Waals surface area contributed by atoms with Gasteiger partial charge >= 0.3 is 0 Å². The van der Waals surface area contributed by atoms with Gasteiger partial charge < -0.3 is 14.9 Å². The average Bonchev–Trinajstić information content (AvgIpc) is 2.62. The van der Waals surface area contributed by atoms with Gasteiger partial charge in [-0.15, -0.1) is 0 Å². The molecule has 6 nitrogen and oxygen atoms in total. The topological polar surface area (TPSA) is 104 Å². The summed E-state index contributed by atoms with van der Waals surface area (Å²) in [7, 11) is -4.63. The van der Waals surface area contributed by atoms with Crippen LogP contribution in [0.1, 0.15) is 23.5 Å². The molecule has 0 aromatic heterocycles. The van der Waals surface area contributed by atoms with E-state index >= 15 is 0 Å². The molecule has 2 aliphatic rings. The van der Waals surface area contributed by atoms with Crippen LogP contribution in [0.25, 0.3) is 0 Å². The van der Waals surface area contributed by atoms with Gasteiger partial charge in [0.2, 0.25) is 0 Å². The first-order chi connectivity index (χ1) is 13.2. The minimum atomic E-state index is -4.63. The zero-order valence-corrected chi connectivity index (χ0v) is 15.0. The molecule has 1 aliphatic carbocycles. The van der Waals surface area contributed by atoms with Gasteiger partial charge in [0.15, 0.2) is 17.7 Å². The number of phenols is 1. The molecule has 0 bridgehead atoms. The molecule has 0 saturated heterocycles. The smallest absolute Gasteiger partial charge is 0.294 e. The van der Waals surface area contributed by atoms with Crippen molar-refractivity contribution >= 4 is 10.1 Å². The first-order valence-corrected chi connectivity index (χ1v) is 9.65. The number of aliphatic hydroxyl groups is 1. The van der Waals surface area contributed by atoms with Gasteiger partial charge in [-0.05, 0) is 23.3 Å². The zero-order chi connectivity index (χ0) is 20.2. The van der Waals surface area contributed by atoms with Crippen molar-refractivity contribution in [2.24, 2.45) is 0 Å². The van der Waals surface area contributed by atoms with E-state index in [1.165, 1.54) is 24.3 Å². The van der Waals surface area contributed by atoms with E-state index in [-0.39, 0.29) is 34.6 Å². The van der Waals surface area contributed by atoms with Crippen LogP contribution in [0.4, 0.5) is 8.78 Å². The third-order valence-electron chi connectivity index (χ3n) is 4.78. The maximum absolute atomic E-state index is 14.2. The van der Waals surface area contributed by atoms with E-state index in [4.69, 9.17) is 4.74 Å². The molecular weight excluding hydrogens is 394 g/mol. The van der Waals surface area contributed by atoms with Crippen LogP contribution in [0.15, 0.2) is 64.5 Å². The Bertz CT molecular complexity index is 1150. The minimum absolute atomic E-state index is 0.0224. The summed E-state index contributed by atoms with van der Waals surface area (Å²) in [6.45, 7) is 0. The van der Waals surface area contributed by atoms with Gasteiger partial charge in [-0.1, -0.05) is 18.2 Å². The quantitative estimate of drug-likeness (QED) is 0.654. The normalized spacial score (nSPS) is 21.5. The van der Waals surface area contributed by atoms with Gasteiger partial charge in [0.25, 0.3) is 10.1 Å². The van der Waals surface area contributed by atoms with Gasteiger partial charge in [0.1, 0.15) is 17.3 Å². The molecule has 0 fully saturated rings. The first-order valence-electron chi connectivity index (χ1n) is 8.21. The molecule has 146 valence electrons. The molecule has 2 unspecified atom stereocenters. The minimum Gasteiger partial charge on any atom is -0.509 e. The largest absolute Gasteiger partial charge is 0.509 e. The van der Waals surface area contributed by atoms with E-state index in [9.17, 15) is 32.0 Å². The molecule has 2 aromatic rings. The van der Waals surface area contributed by atoms with Gasteiger partial charge in [0, 0.05) is 30.0 Å². The highest BCUT2D eigenvalue weighted by atomic mass is 32.2. The number of aromatic hydroxyl groups is 1. The van der Waals surface area contributed by atoms with Crippen molar-refractivity contribution in [1.29, 1.82) is 0 Å². The molecule has 0 amide bonds. The van der Waals surface area contributed by atoms with Crippen LogP contribution in [-0.4, -0.2) is 29.4 Å². The lowest BCUT2D eigenvalue weighted by Gasteiger charge is -2.33. The maximum Gasteiger partial charge on any atom is 0.294 e. The number of ether oxygens (including phenoxy) is 1. The number of allylic oxidation sites excluding steroid dienone is 3. The van der Waals surface area contributed by atoms with Crippen LogP contribution in [0.3, 0.4) is 0 Å². The third kappa shape index (κ3) is 2.92. The number of fused-ring (bicyclic) bond motifs is 1. The molecule has 0 saturated carbocycles. The molecule has 2 aromatic carbocycles. The van der Waals surface area contributed by atoms with Crippen molar-refractivity contribution in [3.63, 3.8) is 0 Å². The number of alkyl halides is 1. The summed E-state index contributed by atoms with van der Waals surface area (Å²) in [6.07, 6.45) is -0.994. The van der Waals surface area contributed by atoms with Gasteiger partial charge in [-0.25, -0.2) is 8.78 Å². The summed E-state index contributed by atoms with van der Waals surface area (Å²) in [5.74, 6) is -3.09. The van der Waals surface area contributed by atoms with E-state index in [0.29, 0.717) is 0 Å². The number of hydrogen-bond donors (Lipinski definition) is 3. The molecule has 0 radical (unpaired) electrons. The van der Waals surface area contributed by atoms with Crippen LogP contribution < -0.4 is 4.74 Å². The van der Waals surface area contributed by atoms with Crippen molar-refractivity contribution in [3.8, 4) is 11.5 Å². The molecule has 9 heteroatoms. The van der Waals surface area contributed by atoms with Crippen molar-refractivity contribution in [2.45, 2.75) is 23.4 Å². The van der Waals surface area contributed by atoms with Gasteiger partial charge in [0.05, 0.1) is 4.90 Å². The highest BCUT2D eigenvalue weighted by Crippen LogP contribution is 2.49. The Balaban J connectivity index is 2.03. The average molecular weight is 408 g/mol. The SMILES string of the molecule is O=S(=O)(O)c1ccccc1C1C2=C(C=C(O)C(F)C2)Oc2cc(O)c(F)cc21. The second kappa shape index (κ2) is 6.32. The Morgan fingerprint density at radius 2 is 1.82 bits per heavy atom. The highest BCUT2D eigenvalue weighted by molar-refractivity contribution is 7.85. The molecule has 28 heavy (non-hydrogen) atoms. The monoisotopic (exact) mass is 408 g/mol. The summed E-state index contributed by atoms with van der Waals surface area (Å²) in [5.41, 5.74) is 0.528. The fraction of sp³-hybridized carbons (Fsp3) is 0.158. The Kier molecular flexibility index (Phi) is 4.16. The summed E-state index contributed by atoms with van der Waals surface area (Å²) < 4.78 is 67.3. The van der Waals surface area contributed by atoms with Crippen molar-refractivity contribution in [3.05, 3.63) is 76.5 Å². The zero-order valence-electron chi connectivity index (χ0n) is 14.1. The Hall–Kier alpha value is -2.91. The van der Waals surface area contributed by atoms with Gasteiger partial charge in [-0.3, -0.25) is 4.55 Å². The molecule has 4 rings (SSSR count). The maximum atomic E-state index is 14.2. The second-order valence-electron chi connectivity index (χ2n) is 6.52. The number of phenolic OH excluding ortho intramolecular Hbond substituents is 1. The van der Waals surface area contributed by atoms with Gasteiger partial charge in [-0.2, -0.15) is 8.42 Å². The van der Waals surface area contributed by atoms with Crippen molar-refractivity contribution in [1.82, 2.24) is 0 Å². The molecule has 2 atom stereocenters. The number of rotatable bonds is 2. The summed E-state index contributed by atoms with van der Waals surface area (Å²) in [4.78, 5) is -0.414. The van der Waals surface area contributed by atoms with Crippen molar-refractivity contribution < 1.29 is 36.7 Å². The lowest BCUT2D eigenvalue weighted by molar-refractivity contribution is 0.241. The van der Waals surface area contributed by atoms with E-state index in [2.05, 4.69) is 0 Å². The number of hydrogen-bond acceptors (Lipinski definition) is 5. The lowest BCUT2D eigenvalue weighted by Crippen LogP contribution is -2.24. The summed E-state index contributed by atoms with van der Waals surface area (Å²) in [5, 5.41) is 19.4. The van der Waals surface area contributed by atoms with Crippen LogP contribution >= 0.6 is 0 Å². The predicted molar refractivity (Wildman–Crippen MR) is 94.0 cm³/mol. The molecular formula is C19H14F2O6S. The Morgan fingerprint density at radius 1 is 1.11 bits per heavy atom. The van der Waals surface area contributed by atoms with Crippen LogP contribution in [0, 0.1) is 5.82 Å². The number of benzene rings is 2. The summed E-state index contributed by atoms with van der Waals surface area (Å²) >= 11 is 0. The van der Waals surface area contributed by atoms with Crippen molar-refractivity contribution in [2.75, 3.05) is 0 Å². The standard InChI is InChI=1S/C19H14F2O6S/c20-12-5-10-16(7-14(12)22)27-17-8-15(23)13(21)6-11(17)19(10)9-3-1-2-4-18(9)28(24,25)26/h1-5,7-8,13,19,22-23H,6H2,(H,24,25,26). The molecule has 1 aliphatic heterocycles. The molecule has 3 N–H and O–H groups in total. The molecule has 0 spiro atoms. The van der Waals surface area contributed by atoms with Crippen LogP contribution in [0.5, 0.6) is 11.5 Å². The fourth-order valence-electron chi connectivity index (χ4n) is 3.56. The highest BCUT2D eigenvalue weighted by Gasteiger charge is 2.38. The van der Waals surface area contributed by atoms with Crippen LogP contribution in [0.2, 0.25) is 0 Å². The first kappa shape index (κ1) is 18.5. The Morgan fingerprint density at radius 3 is 2.54 bits per heavy atom. The Labute approximate surface area is 158 Å². The van der Waals surface area contributed by atoms with E-state index in [1.54, 1.807) is 0 Å². The van der Waals surface area contributed by atoms with E-state index < -0.39 is 44.4 Å². The summed E-state index contributed by atoms with van der Waals surface area (Å²) in [6, 6.07) is 7.53. The molecule has 1 heterocycles. The predicted octanol–water partition coefficient (Wildman–Crippen LogP) is 3.74. The van der Waals surface area contributed by atoms with E-state index in [1.807, 2.05) is 0 Å². The lowest BCUT2D eigenvalue weighted by atomic mass is 9.78.